The highest BCUT2D eigenvalue weighted by molar-refractivity contribution is 7.80. The number of ether oxygens (including phenoxy) is 2. The Morgan fingerprint density at radius 2 is 1.52 bits per heavy atom. The van der Waals surface area contributed by atoms with Gasteiger partial charge in [-0.25, -0.2) is 0 Å². The van der Waals surface area contributed by atoms with Crippen LogP contribution in [0.2, 0.25) is 0 Å². The predicted molar refractivity (Wildman–Crippen MR) is 164 cm³/mol. The molecule has 6 rings (SSSR count). The summed E-state index contributed by atoms with van der Waals surface area (Å²) in [7, 11) is 0. The lowest BCUT2D eigenvalue weighted by Gasteiger charge is -2.38. The molecule has 1 aromatic heterocycles. The van der Waals surface area contributed by atoms with E-state index in [1.165, 1.54) is 12.1 Å². The van der Waals surface area contributed by atoms with E-state index in [-0.39, 0.29) is 6.79 Å². The molecule has 4 heterocycles. The van der Waals surface area contributed by atoms with Gasteiger partial charge >= 0.3 is 0 Å². The van der Waals surface area contributed by atoms with Gasteiger partial charge in [-0.2, -0.15) is 9.97 Å². The zero-order chi connectivity index (χ0) is 27.5. The van der Waals surface area contributed by atoms with Crippen molar-refractivity contribution in [2.45, 2.75) is 26.8 Å². The second kappa shape index (κ2) is 11.8. The maximum Gasteiger partial charge on any atom is 0.232 e. The van der Waals surface area contributed by atoms with Crippen molar-refractivity contribution in [1.82, 2.24) is 15.3 Å². The van der Waals surface area contributed by atoms with E-state index in [1.807, 2.05) is 18.2 Å². The standard InChI is InChI=1S/C30H37N7O2S/c1-21-14-22(2)19-37(18-21)28-16-27(36-12-10-35(11-13-36)24-6-4-3-5-7-24)32-29(33-28)34-30(40)31-17-23-8-9-25-26(15-23)39-20-38-25/h3-9,15-16,21-22H,10-14,17-20H2,1-2H3,(H2,31,32,33,34,40)/t21-,22+. The number of fused-ring (bicyclic) bond motifs is 1. The highest BCUT2D eigenvalue weighted by Crippen LogP contribution is 2.32. The van der Waals surface area contributed by atoms with Gasteiger partial charge in [0.15, 0.2) is 16.6 Å². The average molecular weight is 560 g/mol. The molecule has 2 fully saturated rings. The topological polar surface area (TPSA) is 78.0 Å². The Hall–Kier alpha value is -3.79. The Morgan fingerprint density at radius 1 is 0.850 bits per heavy atom. The lowest BCUT2D eigenvalue weighted by atomic mass is 9.92. The Bertz CT molecular complexity index is 1320. The molecule has 0 radical (unpaired) electrons. The van der Waals surface area contributed by atoms with Crippen molar-refractivity contribution in [2.24, 2.45) is 11.8 Å². The second-order valence-corrected chi connectivity index (χ2v) is 11.5. The van der Waals surface area contributed by atoms with Gasteiger partial charge in [0.05, 0.1) is 0 Å². The van der Waals surface area contributed by atoms with E-state index in [1.54, 1.807) is 0 Å². The summed E-state index contributed by atoms with van der Waals surface area (Å²) in [6.45, 7) is 11.1. The molecule has 3 aliphatic rings. The van der Waals surface area contributed by atoms with Crippen LogP contribution < -0.4 is 34.8 Å². The molecule has 0 amide bonds. The number of rotatable bonds is 6. The third kappa shape index (κ3) is 6.17. The quantitative estimate of drug-likeness (QED) is 0.422. The van der Waals surface area contributed by atoms with E-state index in [4.69, 9.17) is 31.7 Å². The largest absolute Gasteiger partial charge is 0.454 e. The summed E-state index contributed by atoms with van der Waals surface area (Å²) in [5, 5.41) is 7.03. The Kier molecular flexibility index (Phi) is 7.77. The molecule has 40 heavy (non-hydrogen) atoms. The smallest absolute Gasteiger partial charge is 0.232 e. The molecular weight excluding hydrogens is 522 g/mol. The molecule has 2 aromatic carbocycles. The zero-order valence-corrected chi connectivity index (χ0v) is 24.0. The Balaban J connectivity index is 1.17. The van der Waals surface area contributed by atoms with E-state index in [2.05, 4.69) is 75.6 Å². The number of nitrogens with zero attached hydrogens (tertiary/aromatic N) is 5. The van der Waals surface area contributed by atoms with E-state index in [9.17, 15) is 0 Å². The Morgan fingerprint density at radius 3 is 2.27 bits per heavy atom. The fourth-order valence-electron chi connectivity index (χ4n) is 5.86. The van der Waals surface area contributed by atoms with Gasteiger partial charge in [-0.15, -0.1) is 0 Å². The maximum absolute atomic E-state index is 5.65. The molecule has 0 saturated carbocycles. The van der Waals surface area contributed by atoms with Gasteiger partial charge in [-0.1, -0.05) is 38.1 Å². The van der Waals surface area contributed by atoms with Gasteiger partial charge in [-0.05, 0) is 60.3 Å². The van der Waals surface area contributed by atoms with Crippen molar-refractivity contribution in [3.63, 3.8) is 0 Å². The van der Waals surface area contributed by atoms with E-state index in [0.717, 1.165) is 68.0 Å². The number of thiocarbonyl (C=S) groups is 1. The van der Waals surface area contributed by atoms with Crippen molar-refractivity contribution in [3.8, 4) is 11.5 Å². The summed E-state index contributed by atoms with van der Waals surface area (Å²) in [5.74, 6) is 5.19. The van der Waals surface area contributed by atoms with Crippen molar-refractivity contribution in [2.75, 3.05) is 66.1 Å². The Labute approximate surface area is 241 Å². The van der Waals surface area contributed by atoms with Crippen molar-refractivity contribution < 1.29 is 9.47 Å². The number of hydrogen-bond donors (Lipinski definition) is 2. The van der Waals surface area contributed by atoms with Gasteiger partial charge in [0.2, 0.25) is 12.7 Å². The van der Waals surface area contributed by atoms with Crippen LogP contribution in [-0.4, -0.2) is 61.1 Å². The van der Waals surface area contributed by atoms with E-state index < -0.39 is 0 Å². The molecule has 10 heteroatoms. The van der Waals surface area contributed by atoms with Crippen LogP contribution in [0.5, 0.6) is 11.5 Å². The summed E-state index contributed by atoms with van der Waals surface area (Å²) in [6, 6.07) is 18.7. The van der Waals surface area contributed by atoms with Gasteiger partial charge in [0.1, 0.15) is 11.6 Å². The molecule has 0 bridgehead atoms. The molecule has 0 unspecified atom stereocenters. The minimum atomic E-state index is 0.262. The first-order chi connectivity index (χ1) is 19.5. The van der Waals surface area contributed by atoms with Crippen LogP contribution >= 0.6 is 12.2 Å². The van der Waals surface area contributed by atoms with Gasteiger partial charge in [0.25, 0.3) is 0 Å². The molecule has 2 N–H and O–H groups in total. The van der Waals surface area contributed by atoms with Crippen LogP contribution in [0.25, 0.3) is 0 Å². The van der Waals surface area contributed by atoms with Crippen LogP contribution in [0.15, 0.2) is 54.6 Å². The van der Waals surface area contributed by atoms with Crippen LogP contribution in [-0.2, 0) is 6.54 Å². The van der Waals surface area contributed by atoms with Crippen LogP contribution in [0, 0.1) is 11.8 Å². The first-order valence-electron chi connectivity index (χ1n) is 14.1. The first-order valence-corrected chi connectivity index (χ1v) is 14.5. The SMILES string of the molecule is C[C@@H]1C[C@H](C)CN(c2cc(N3CCN(c4ccccc4)CC3)nc(NC(=S)NCc3ccc4c(c3)OCO4)n2)C1. The number of piperazine rings is 1. The summed E-state index contributed by atoms with van der Waals surface area (Å²) in [6.07, 6.45) is 1.24. The van der Waals surface area contributed by atoms with Crippen molar-refractivity contribution >= 4 is 40.6 Å². The van der Waals surface area contributed by atoms with E-state index >= 15 is 0 Å². The monoisotopic (exact) mass is 559 g/mol. The summed E-state index contributed by atoms with van der Waals surface area (Å²) < 4.78 is 10.9. The number of aromatic nitrogens is 2. The third-order valence-electron chi connectivity index (χ3n) is 7.73. The van der Waals surface area contributed by atoms with Gasteiger partial charge in [-0.3, -0.25) is 0 Å². The van der Waals surface area contributed by atoms with Crippen molar-refractivity contribution in [1.29, 1.82) is 0 Å². The van der Waals surface area contributed by atoms with Crippen molar-refractivity contribution in [3.05, 3.63) is 60.2 Å². The molecule has 0 spiro atoms. The highest BCUT2D eigenvalue weighted by atomic mass is 32.1. The van der Waals surface area contributed by atoms with Gasteiger partial charge in [0, 0.05) is 57.6 Å². The first kappa shape index (κ1) is 26.4. The number of anilines is 4. The predicted octanol–water partition coefficient (Wildman–Crippen LogP) is 4.50. The molecule has 3 aliphatic heterocycles. The molecule has 3 aromatic rings. The zero-order valence-electron chi connectivity index (χ0n) is 23.2. The van der Waals surface area contributed by atoms with E-state index in [0.29, 0.717) is 29.4 Å². The van der Waals surface area contributed by atoms with Gasteiger partial charge < -0.3 is 34.8 Å². The molecule has 9 nitrogen and oxygen atoms in total. The summed E-state index contributed by atoms with van der Waals surface area (Å²) in [4.78, 5) is 17.0. The summed E-state index contributed by atoms with van der Waals surface area (Å²) in [5.41, 5.74) is 2.32. The maximum atomic E-state index is 5.65. The molecule has 210 valence electrons. The fraction of sp³-hybridized carbons (Fsp3) is 0.433. The third-order valence-corrected chi connectivity index (χ3v) is 7.98. The van der Waals surface area contributed by atoms with Crippen LogP contribution in [0.1, 0.15) is 25.8 Å². The molecular formula is C30H37N7O2S. The second-order valence-electron chi connectivity index (χ2n) is 11.1. The van der Waals surface area contributed by atoms with Crippen LogP contribution in [0.4, 0.5) is 23.3 Å². The minimum absolute atomic E-state index is 0.262. The molecule has 2 saturated heterocycles. The number of nitrogens with one attached hydrogen (secondary N) is 2. The summed E-state index contributed by atoms with van der Waals surface area (Å²) >= 11 is 5.65. The lowest BCUT2D eigenvalue weighted by molar-refractivity contribution is 0.174. The number of para-hydroxylation sites is 1. The molecule has 0 aliphatic carbocycles. The number of piperidine rings is 1. The number of benzene rings is 2. The number of hydrogen-bond acceptors (Lipinski definition) is 8. The molecule has 2 atom stereocenters. The highest BCUT2D eigenvalue weighted by Gasteiger charge is 2.26. The fourth-order valence-corrected chi connectivity index (χ4v) is 6.03. The lowest BCUT2D eigenvalue weighted by Crippen LogP contribution is -2.47. The minimum Gasteiger partial charge on any atom is -0.454 e. The van der Waals surface area contributed by atoms with Crippen LogP contribution in [0.3, 0.4) is 0 Å². The average Bonchev–Trinajstić information content (AvgIpc) is 3.44. The normalized spacial score (nSPS) is 20.4.